The molecule has 0 unspecified atom stereocenters. The van der Waals surface area contributed by atoms with Crippen molar-refractivity contribution in [2.75, 3.05) is 21.3 Å². The Morgan fingerprint density at radius 1 is 0.944 bits per heavy atom. The van der Waals surface area contributed by atoms with Crippen LogP contribution in [0.1, 0.15) is 12.5 Å². The fourth-order valence-electron chi connectivity index (χ4n) is 1.65. The zero-order valence-electron chi connectivity index (χ0n) is 10.9. The predicted molar refractivity (Wildman–Crippen MR) is 64.4 cm³/mol. The standard InChI is InChI=1S/C13H16O5/c1-13(11(14)17-3,12(15)18-4)9-5-7-10(16-2)8-6-9/h5-8H,1-4H3. The first-order valence-electron chi connectivity index (χ1n) is 5.32. The summed E-state index contributed by atoms with van der Waals surface area (Å²) in [5.41, 5.74) is -0.988. The highest BCUT2D eigenvalue weighted by atomic mass is 16.5. The van der Waals surface area contributed by atoms with E-state index in [0.29, 0.717) is 11.3 Å². The molecule has 1 rings (SSSR count). The van der Waals surface area contributed by atoms with Crippen molar-refractivity contribution in [1.82, 2.24) is 0 Å². The average Bonchev–Trinajstić information content (AvgIpc) is 2.44. The molecule has 5 nitrogen and oxygen atoms in total. The van der Waals surface area contributed by atoms with Crippen molar-refractivity contribution in [3.05, 3.63) is 29.8 Å². The molecule has 98 valence electrons. The molecule has 5 heteroatoms. The van der Waals surface area contributed by atoms with Crippen molar-refractivity contribution >= 4 is 11.9 Å². The van der Waals surface area contributed by atoms with E-state index in [-0.39, 0.29) is 0 Å². The average molecular weight is 252 g/mol. The number of methoxy groups -OCH3 is 3. The minimum absolute atomic E-state index is 0.488. The Hall–Kier alpha value is -2.04. The molecule has 0 N–H and O–H groups in total. The summed E-state index contributed by atoms with van der Waals surface area (Å²) in [7, 11) is 3.99. The third-order valence-corrected chi connectivity index (χ3v) is 2.85. The van der Waals surface area contributed by atoms with E-state index >= 15 is 0 Å². The van der Waals surface area contributed by atoms with Gasteiger partial charge in [-0.2, -0.15) is 0 Å². The fraction of sp³-hybridized carbons (Fsp3) is 0.385. The quantitative estimate of drug-likeness (QED) is 0.597. The number of hydrogen-bond acceptors (Lipinski definition) is 5. The normalized spacial score (nSPS) is 10.7. The Balaban J connectivity index is 3.25. The molecule has 0 saturated carbocycles. The molecule has 0 bridgehead atoms. The molecule has 0 aliphatic rings. The number of hydrogen-bond donors (Lipinski definition) is 0. The van der Waals surface area contributed by atoms with E-state index in [1.165, 1.54) is 28.3 Å². The molecule has 0 aliphatic carbocycles. The molecule has 1 aromatic carbocycles. The Bertz CT molecular complexity index is 419. The molecule has 0 radical (unpaired) electrons. The molecule has 0 fully saturated rings. The lowest BCUT2D eigenvalue weighted by atomic mass is 9.82. The maximum absolute atomic E-state index is 11.8. The van der Waals surface area contributed by atoms with Crippen LogP contribution < -0.4 is 4.74 Å². The van der Waals surface area contributed by atoms with Crippen LogP contribution in [0.3, 0.4) is 0 Å². The van der Waals surface area contributed by atoms with Crippen LogP contribution in [0.5, 0.6) is 5.75 Å². The maximum Gasteiger partial charge on any atom is 0.327 e. The van der Waals surface area contributed by atoms with Crippen LogP contribution in [0.15, 0.2) is 24.3 Å². The summed E-state index contributed by atoms with van der Waals surface area (Å²) in [5, 5.41) is 0. The van der Waals surface area contributed by atoms with Crippen LogP contribution >= 0.6 is 0 Å². The molecular weight excluding hydrogens is 236 g/mol. The van der Waals surface area contributed by atoms with E-state index in [9.17, 15) is 9.59 Å². The lowest BCUT2D eigenvalue weighted by molar-refractivity contribution is -0.160. The molecule has 0 amide bonds. The number of benzene rings is 1. The topological polar surface area (TPSA) is 61.8 Å². The van der Waals surface area contributed by atoms with Crippen LogP contribution in [0, 0.1) is 0 Å². The van der Waals surface area contributed by atoms with Crippen LogP contribution in [-0.4, -0.2) is 33.3 Å². The molecular formula is C13H16O5. The minimum Gasteiger partial charge on any atom is -0.497 e. The Kier molecular flexibility index (Phi) is 4.31. The van der Waals surface area contributed by atoms with Gasteiger partial charge in [0.2, 0.25) is 0 Å². The largest absolute Gasteiger partial charge is 0.497 e. The van der Waals surface area contributed by atoms with Crippen LogP contribution in [0.2, 0.25) is 0 Å². The summed E-state index contributed by atoms with van der Waals surface area (Å²) < 4.78 is 14.4. The smallest absolute Gasteiger partial charge is 0.327 e. The van der Waals surface area contributed by atoms with Gasteiger partial charge in [0.1, 0.15) is 5.75 Å². The highest BCUT2D eigenvalue weighted by molar-refractivity contribution is 6.05. The zero-order chi connectivity index (χ0) is 13.8. The lowest BCUT2D eigenvalue weighted by Crippen LogP contribution is -2.42. The molecule has 18 heavy (non-hydrogen) atoms. The molecule has 0 heterocycles. The van der Waals surface area contributed by atoms with Crippen molar-refractivity contribution in [3.8, 4) is 5.75 Å². The first-order chi connectivity index (χ1) is 8.50. The molecule has 0 aromatic heterocycles. The second-order valence-corrected chi connectivity index (χ2v) is 3.84. The number of carbonyl (C=O) groups excluding carboxylic acids is 2. The van der Waals surface area contributed by atoms with Gasteiger partial charge < -0.3 is 14.2 Å². The second kappa shape index (κ2) is 5.53. The third kappa shape index (κ3) is 2.30. The Morgan fingerprint density at radius 2 is 1.39 bits per heavy atom. The number of rotatable bonds is 4. The van der Waals surface area contributed by atoms with Crippen molar-refractivity contribution in [2.24, 2.45) is 0 Å². The van der Waals surface area contributed by atoms with Gasteiger partial charge in [-0.05, 0) is 24.6 Å². The van der Waals surface area contributed by atoms with Crippen LogP contribution in [0.4, 0.5) is 0 Å². The van der Waals surface area contributed by atoms with Gasteiger partial charge in [-0.3, -0.25) is 9.59 Å². The van der Waals surface area contributed by atoms with Crippen molar-refractivity contribution in [3.63, 3.8) is 0 Å². The fourth-order valence-corrected chi connectivity index (χ4v) is 1.65. The lowest BCUT2D eigenvalue weighted by Gasteiger charge is -2.24. The second-order valence-electron chi connectivity index (χ2n) is 3.84. The summed E-state index contributed by atoms with van der Waals surface area (Å²) in [6.45, 7) is 1.46. The molecule has 0 atom stereocenters. The Labute approximate surface area is 106 Å². The van der Waals surface area contributed by atoms with Crippen LogP contribution in [0.25, 0.3) is 0 Å². The zero-order valence-corrected chi connectivity index (χ0v) is 10.9. The number of esters is 2. The predicted octanol–water partition coefficient (Wildman–Crippen LogP) is 1.30. The molecule has 0 spiro atoms. The van der Waals surface area contributed by atoms with E-state index in [2.05, 4.69) is 9.47 Å². The molecule has 1 aromatic rings. The maximum atomic E-state index is 11.8. The molecule has 0 aliphatic heterocycles. The Morgan fingerprint density at radius 3 is 1.72 bits per heavy atom. The first-order valence-corrected chi connectivity index (χ1v) is 5.32. The summed E-state index contributed by atoms with van der Waals surface area (Å²) in [6, 6.07) is 6.60. The third-order valence-electron chi connectivity index (χ3n) is 2.85. The van der Waals surface area contributed by atoms with E-state index in [1.807, 2.05) is 0 Å². The molecule has 0 saturated heterocycles. The van der Waals surface area contributed by atoms with Gasteiger partial charge in [-0.25, -0.2) is 0 Å². The van der Waals surface area contributed by atoms with Crippen molar-refractivity contribution in [1.29, 1.82) is 0 Å². The van der Waals surface area contributed by atoms with E-state index < -0.39 is 17.4 Å². The van der Waals surface area contributed by atoms with Crippen molar-refractivity contribution < 1.29 is 23.8 Å². The SMILES string of the molecule is COC(=O)C(C)(C(=O)OC)c1ccc(OC)cc1. The monoisotopic (exact) mass is 252 g/mol. The summed E-state index contributed by atoms with van der Waals surface area (Å²) in [5.74, 6) is -0.699. The van der Waals surface area contributed by atoms with Gasteiger partial charge in [0.15, 0.2) is 5.41 Å². The van der Waals surface area contributed by atoms with Gasteiger partial charge in [-0.15, -0.1) is 0 Å². The van der Waals surface area contributed by atoms with Gasteiger partial charge in [0.25, 0.3) is 0 Å². The van der Waals surface area contributed by atoms with Gasteiger partial charge in [-0.1, -0.05) is 12.1 Å². The summed E-state index contributed by atoms with van der Waals surface area (Å²) >= 11 is 0. The van der Waals surface area contributed by atoms with Gasteiger partial charge in [0, 0.05) is 0 Å². The van der Waals surface area contributed by atoms with E-state index in [4.69, 9.17) is 4.74 Å². The summed E-state index contributed by atoms with van der Waals surface area (Å²) in [4.78, 5) is 23.7. The van der Waals surface area contributed by atoms with Crippen molar-refractivity contribution in [2.45, 2.75) is 12.3 Å². The minimum atomic E-state index is -1.48. The highest BCUT2D eigenvalue weighted by Gasteiger charge is 2.45. The highest BCUT2D eigenvalue weighted by Crippen LogP contribution is 2.28. The van der Waals surface area contributed by atoms with E-state index in [1.54, 1.807) is 24.3 Å². The first kappa shape index (κ1) is 14.0. The van der Waals surface area contributed by atoms with Gasteiger partial charge >= 0.3 is 11.9 Å². The van der Waals surface area contributed by atoms with Gasteiger partial charge in [0.05, 0.1) is 21.3 Å². The van der Waals surface area contributed by atoms with Crippen LogP contribution in [-0.2, 0) is 24.5 Å². The number of carbonyl (C=O) groups is 2. The summed E-state index contributed by atoms with van der Waals surface area (Å²) in [6.07, 6.45) is 0. The van der Waals surface area contributed by atoms with E-state index in [0.717, 1.165) is 0 Å². The number of ether oxygens (including phenoxy) is 3.